The fourth-order valence-electron chi connectivity index (χ4n) is 1.80. The predicted molar refractivity (Wildman–Crippen MR) is 79.9 cm³/mol. The van der Waals surface area contributed by atoms with Crippen LogP contribution in [0.4, 0.5) is 0 Å². The number of methoxy groups -OCH3 is 1. The van der Waals surface area contributed by atoms with Crippen LogP contribution in [0.1, 0.15) is 23.3 Å². The third kappa shape index (κ3) is 4.66. The number of hydrogen-bond donors (Lipinski definition) is 1. The van der Waals surface area contributed by atoms with Crippen molar-refractivity contribution in [2.45, 2.75) is 25.8 Å². The van der Waals surface area contributed by atoms with Gasteiger partial charge < -0.3 is 10.1 Å². The number of ether oxygens (including phenoxy) is 1. The molecule has 1 amide bonds. The third-order valence-corrected chi connectivity index (χ3v) is 3.84. The topological polar surface area (TPSA) is 51.2 Å². The van der Waals surface area contributed by atoms with E-state index in [1.54, 1.807) is 30.7 Å². The molecule has 0 aliphatic carbocycles. The molecular formula is C15H18N2O2S. The summed E-state index contributed by atoms with van der Waals surface area (Å²) in [7, 11) is 1.58. The number of carbonyl (C=O) groups is 1. The zero-order valence-corrected chi connectivity index (χ0v) is 12.3. The fraction of sp³-hybridized carbons (Fsp3) is 0.333. The van der Waals surface area contributed by atoms with Crippen LogP contribution in [0.3, 0.4) is 0 Å². The van der Waals surface area contributed by atoms with Crippen molar-refractivity contribution in [3.05, 3.63) is 46.3 Å². The molecule has 0 unspecified atom stereocenters. The van der Waals surface area contributed by atoms with Gasteiger partial charge in [0, 0.05) is 30.1 Å². The lowest BCUT2D eigenvalue weighted by molar-refractivity contribution is -0.121. The molecule has 106 valence electrons. The van der Waals surface area contributed by atoms with E-state index in [1.165, 1.54) is 4.88 Å². The van der Waals surface area contributed by atoms with Crippen molar-refractivity contribution in [3.8, 4) is 5.88 Å². The third-order valence-electron chi connectivity index (χ3n) is 2.90. The Bertz CT molecular complexity index is 523. The molecule has 0 bridgehead atoms. The number of nitrogens with zero attached hydrogens (tertiary/aromatic N) is 1. The first kappa shape index (κ1) is 14.5. The minimum Gasteiger partial charge on any atom is -0.481 e. The van der Waals surface area contributed by atoms with Gasteiger partial charge in [-0.2, -0.15) is 0 Å². The van der Waals surface area contributed by atoms with Crippen LogP contribution < -0.4 is 10.1 Å². The number of nitrogens with one attached hydrogen (secondary N) is 1. The summed E-state index contributed by atoms with van der Waals surface area (Å²) in [4.78, 5) is 17.1. The smallest absolute Gasteiger partial charge is 0.220 e. The molecule has 0 aliphatic rings. The summed E-state index contributed by atoms with van der Waals surface area (Å²) in [5, 5.41) is 4.96. The number of amides is 1. The van der Waals surface area contributed by atoms with E-state index in [2.05, 4.69) is 21.7 Å². The van der Waals surface area contributed by atoms with Gasteiger partial charge in [0.1, 0.15) is 0 Å². The van der Waals surface area contributed by atoms with Gasteiger partial charge in [-0.3, -0.25) is 4.79 Å². The van der Waals surface area contributed by atoms with Gasteiger partial charge in [0.05, 0.1) is 7.11 Å². The number of thiophene rings is 1. The Balaban J connectivity index is 1.66. The average molecular weight is 290 g/mol. The lowest BCUT2D eigenvalue weighted by Crippen LogP contribution is -2.22. The zero-order chi connectivity index (χ0) is 14.2. The normalized spacial score (nSPS) is 10.2. The number of aromatic nitrogens is 1. The van der Waals surface area contributed by atoms with Crippen LogP contribution in [0.2, 0.25) is 0 Å². The molecule has 2 heterocycles. The molecule has 0 saturated carbocycles. The van der Waals surface area contributed by atoms with E-state index in [-0.39, 0.29) is 5.91 Å². The minimum atomic E-state index is 0.0809. The van der Waals surface area contributed by atoms with Gasteiger partial charge in [-0.25, -0.2) is 4.98 Å². The largest absolute Gasteiger partial charge is 0.481 e. The first-order valence-electron chi connectivity index (χ1n) is 6.56. The van der Waals surface area contributed by atoms with E-state index in [0.717, 1.165) is 18.4 Å². The van der Waals surface area contributed by atoms with Gasteiger partial charge in [-0.05, 0) is 29.9 Å². The minimum absolute atomic E-state index is 0.0809. The van der Waals surface area contributed by atoms with Crippen LogP contribution in [-0.2, 0) is 17.8 Å². The van der Waals surface area contributed by atoms with Crippen LogP contribution in [0.15, 0.2) is 35.8 Å². The second-order valence-electron chi connectivity index (χ2n) is 4.42. The highest BCUT2D eigenvalue weighted by molar-refractivity contribution is 7.09. The standard InChI is InChI=1S/C15H18N2O2S/c1-19-15-8-7-12(11-17-15)10-16-14(18)6-2-4-13-5-3-9-20-13/h3,5,7-9,11H,2,4,6,10H2,1H3,(H,16,18). The van der Waals surface area contributed by atoms with Crippen LogP contribution in [0, 0.1) is 0 Å². The molecule has 0 fully saturated rings. The van der Waals surface area contributed by atoms with Gasteiger partial charge in [0.15, 0.2) is 0 Å². The molecule has 1 N–H and O–H groups in total. The fourth-order valence-corrected chi connectivity index (χ4v) is 2.55. The molecule has 4 nitrogen and oxygen atoms in total. The monoisotopic (exact) mass is 290 g/mol. The van der Waals surface area contributed by atoms with Crippen molar-refractivity contribution in [2.24, 2.45) is 0 Å². The van der Waals surface area contributed by atoms with Crippen molar-refractivity contribution in [1.82, 2.24) is 10.3 Å². The van der Waals surface area contributed by atoms with Crippen LogP contribution in [0.5, 0.6) is 5.88 Å². The van der Waals surface area contributed by atoms with E-state index in [1.807, 2.05) is 12.1 Å². The summed E-state index contributed by atoms with van der Waals surface area (Å²) in [5.41, 5.74) is 0.970. The molecule has 2 aromatic rings. The molecule has 5 heteroatoms. The zero-order valence-electron chi connectivity index (χ0n) is 11.5. The Labute approximate surface area is 122 Å². The Morgan fingerprint density at radius 1 is 1.40 bits per heavy atom. The maximum absolute atomic E-state index is 11.7. The number of carbonyl (C=O) groups excluding carboxylic acids is 1. The molecule has 0 saturated heterocycles. The van der Waals surface area contributed by atoms with Crippen molar-refractivity contribution in [1.29, 1.82) is 0 Å². The van der Waals surface area contributed by atoms with Crippen LogP contribution in [-0.4, -0.2) is 18.0 Å². The summed E-state index contributed by atoms with van der Waals surface area (Å²) >= 11 is 1.74. The van der Waals surface area contributed by atoms with Gasteiger partial charge in [-0.15, -0.1) is 11.3 Å². The lowest BCUT2D eigenvalue weighted by atomic mass is 10.2. The van der Waals surface area contributed by atoms with Gasteiger partial charge in [0.2, 0.25) is 11.8 Å². The number of aryl methyl sites for hydroxylation is 1. The van der Waals surface area contributed by atoms with E-state index >= 15 is 0 Å². The molecule has 2 rings (SSSR count). The molecule has 20 heavy (non-hydrogen) atoms. The average Bonchev–Trinajstić information content (AvgIpc) is 2.99. The Hall–Kier alpha value is -1.88. The lowest BCUT2D eigenvalue weighted by Gasteiger charge is -2.05. The van der Waals surface area contributed by atoms with Crippen LogP contribution in [0.25, 0.3) is 0 Å². The summed E-state index contributed by atoms with van der Waals surface area (Å²) in [5.74, 6) is 0.661. The van der Waals surface area contributed by atoms with Gasteiger partial charge >= 0.3 is 0 Å². The van der Waals surface area contributed by atoms with E-state index in [0.29, 0.717) is 18.8 Å². The summed E-state index contributed by atoms with van der Waals surface area (Å²) in [6.07, 6.45) is 4.12. The number of rotatable bonds is 7. The van der Waals surface area contributed by atoms with Gasteiger partial charge in [-0.1, -0.05) is 12.1 Å². The second kappa shape index (κ2) is 7.65. The first-order valence-corrected chi connectivity index (χ1v) is 7.44. The highest BCUT2D eigenvalue weighted by Gasteiger charge is 2.03. The van der Waals surface area contributed by atoms with Crippen LogP contribution >= 0.6 is 11.3 Å². The SMILES string of the molecule is COc1ccc(CNC(=O)CCCc2cccs2)cn1. The summed E-state index contributed by atoms with van der Waals surface area (Å²) < 4.78 is 4.99. The Morgan fingerprint density at radius 2 is 2.30 bits per heavy atom. The van der Waals surface area contributed by atoms with Gasteiger partial charge in [0.25, 0.3) is 0 Å². The number of hydrogen-bond acceptors (Lipinski definition) is 4. The van der Waals surface area contributed by atoms with E-state index < -0.39 is 0 Å². The Morgan fingerprint density at radius 3 is 2.95 bits per heavy atom. The maximum Gasteiger partial charge on any atom is 0.220 e. The summed E-state index contributed by atoms with van der Waals surface area (Å²) in [6, 6.07) is 7.83. The second-order valence-corrected chi connectivity index (χ2v) is 5.45. The first-order chi connectivity index (χ1) is 9.78. The van der Waals surface area contributed by atoms with E-state index in [4.69, 9.17) is 4.74 Å². The van der Waals surface area contributed by atoms with Crippen molar-refractivity contribution in [3.63, 3.8) is 0 Å². The molecule has 0 aromatic carbocycles. The highest BCUT2D eigenvalue weighted by atomic mass is 32.1. The number of pyridine rings is 1. The quantitative estimate of drug-likeness (QED) is 0.853. The molecule has 0 aliphatic heterocycles. The molecule has 2 aromatic heterocycles. The van der Waals surface area contributed by atoms with Crippen molar-refractivity contribution >= 4 is 17.2 Å². The molecule has 0 radical (unpaired) electrons. The highest BCUT2D eigenvalue weighted by Crippen LogP contribution is 2.12. The van der Waals surface area contributed by atoms with Crippen molar-refractivity contribution < 1.29 is 9.53 Å². The Kier molecular flexibility index (Phi) is 5.55. The molecular weight excluding hydrogens is 272 g/mol. The maximum atomic E-state index is 11.7. The summed E-state index contributed by atoms with van der Waals surface area (Å²) in [6.45, 7) is 0.509. The molecule has 0 spiro atoms. The van der Waals surface area contributed by atoms with E-state index in [9.17, 15) is 4.79 Å². The molecule has 0 atom stereocenters. The predicted octanol–water partition coefficient (Wildman–Crippen LogP) is 2.79. The van der Waals surface area contributed by atoms with Crippen molar-refractivity contribution in [2.75, 3.05) is 7.11 Å².